The third-order valence-electron chi connectivity index (χ3n) is 3.87. The van der Waals surface area contributed by atoms with Gasteiger partial charge in [-0.3, -0.25) is 0 Å². The zero-order chi connectivity index (χ0) is 16.8. The summed E-state index contributed by atoms with van der Waals surface area (Å²) in [5.41, 5.74) is 3.19. The minimum Gasteiger partial charge on any atom is -0.480 e. The van der Waals surface area contributed by atoms with Crippen LogP contribution in [0.2, 0.25) is 0 Å². The van der Waals surface area contributed by atoms with E-state index < -0.39 is 12.0 Å². The normalized spacial score (nSPS) is 11.5. The van der Waals surface area contributed by atoms with Gasteiger partial charge >= 0.3 is 5.97 Å². The Bertz CT molecular complexity index is 734. The molecule has 0 saturated heterocycles. The fraction of sp³-hybridized carbons (Fsp3) is 0.263. The van der Waals surface area contributed by atoms with Crippen molar-refractivity contribution in [2.45, 2.75) is 32.7 Å². The minimum atomic E-state index is -0.874. The molecule has 0 spiro atoms. The molecule has 4 nitrogen and oxygen atoms in total. The summed E-state index contributed by atoms with van der Waals surface area (Å²) in [5.74, 6) is -0.874. The first-order valence-corrected chi connectivity index (χ1v) is 7.72. The Labute approximate surface area is 136 Å². The van der Waals surface area contributed by atoms with Crippen molar-refractivity contribution in [1.82, 2.24) is 0 Å². The number of rotatable bonds is 6. The Balaban J connectivity index is 2.64. The molecule has 0 aromatic heterocycles. The smallest absolute Gasteiger partial charge is 0.326 e. The van der Waals surface area contributed by atoms with Crippen molar-refractivity contribution in [2.24, 2.45) is 0 Å². The molecule has 23 heavy (non-hydrogen) atoms. The minimum absolute atomic E-state index is 0.462. The van der Waals surface area contributed by atoms with Gasteiger partial charge in [0.15, 0.2) is 0 Å². The molecule has 0 bridgehead atoms. The van der Waals surface area contributed by atoms with Crippen LogP contribution in [0.1, 0.15) is 31.4 Å². The van der Waals surface area contributed by atoms with Gasteiger partial charge in [0.1, 0.15) is 6.04 Å². The van der Waals surface area contributed by atoms with E-state index >= 15 is 0 Å². The molecule has 4 heteroatoms. The lowest BCUT2D eigenvalue weighted by atomic mass is 10.0. The number of anilines is 2. The third-order valence-corrected chi connectivity index (χ3v) is 3.87. The number of benzene rings is 2. The van der Waals surface area contributed by atoms with Crippen molar-refractivity contribution in [3.8, 4) is 6.07 Å². The summed E-state index contributed by atoms with van der Waals surface area (Å²) in [6.07, 6.45) is 1.27. The zero-order valence-electron chi connectivity index (χ0n) is 13.4. The molecular weight excluding hydrogens is 288 g/mol. The second-order valence-electron chi connectivity index (χ2n) is 5.28. The van der Waals surface area contributed by atoms with Gasteiger partial charge in [-0.1, -0.05) is 38.1 Å². The van der Waals surface area contributed by atoms with Gasteiger partial charge in [0.25, 0.3) is 0 Å². The average molecular weight is 308 g/mol. The number of hydrogen-bond donors (Lipinski definition) is 1. The van der Waals surface area contributed by atoms with Gasteiger partial charge in [-0.2, -0.15) is 5.26 Å². The highest BCUT2D eigenvalue weighted by Gasteiger charge is 2.27. The van der Waals surface area contributed by atoms with Crippen molar-refractivity contribution < 1.29 is 9.90 Å². The quantitative estimate of drug-likeness (QED) is 0.871. The molecular formula is C19H20N2O2. The van der Waals surface area contributed by atoms with Gasteiger partial charge in [-0.25, -0.2) is 4.79 Å². The van der Waals surface area contributed by atoms with Gasteiger partial charge in [-0.15, -0.1) is 0 Å². The van der Waals surface area contributed by atoms with Crippen LogP contribution in [0.25, 0.3) is 0 Å². The second kappa shape index (κ2) is 7.46. The van der Waals surface area contributed by atoms with Crippen molar-refractivity contribution in [1.29, 1.82) is 5.26 Å². The standard InChI is InChI=1S/C19H20N2O2/c1-3-15-9-5-6-11-18(15)21(17(4-2)19(22)23)16-10-7-8-14(12-16)13-20/h5-12,17H,3-4H2,1-2H3,(H,22,23). The largest absolute Gasteiger partial charge is 0.480 e. The number of aryl methyl sites for hydroxylation is 1. The number of carboxylic acids is 1. The highest BCUT2D eigenvalue weighted by Crippen LogP contribution is 2.32. The molecule has 0 aliphatic rings. The van der Waals surface area contributed by atoms with E-state index in [1.54, 1.807) is 18.2 Å². The Hall–Kier alpha value is -2.80. The molecule has 0 aliphatic heterocycles. The molecule has 2 rings (SSSR count). The molecule has 0 radical (unpaired) electrons. The van der Waals surface area contributed by atoms with E-state index in [0.717, 1.165) is 23.4 Å². The molecule has 0 heterocycles. The first-order chi connectivity index (χ1) is 11.1. The summed E-state index contributed by atoms with van der Waals surface area (Å²) < 4.78 is 0. The lowest BCUT2D eigenvalue weighted by Gasteiger charge is -2.32. The summed E-state index contributed by atoms with van der Waals surface area (Å²) in [7, 11) is 0. The van der Waals surface area contributed by atoms with Gasteiger partial charge in [0.2, 0.25) is 0 Å². The maximum atomic E-state index is 11.8. The Morgan fingerprint density at radius 1 is 1.22 bits per heavy atom. The number of hydrogen-bond acceptors (Lipinski definition) is 3. The number of nitrogens with zero attached hydrogens (tertiary/aromatic N) is 2. The van der Waals surface area contributed by atoms with Crippen LogP contribution in [0.5, 0.6) is 0 Å². The fourth-order valence-corrected chi connectivity index (χ4v) is 2.72. The summed E-state index contributed by atoms with van der Waals surface area (Å²) in [6.45, 7) is 3.90. The monoisotopic (exact) mass is 308 g/mol. The van der Waals surface area contributed by atoms with Crippen molar-refractivity contribution in [3.05, 3.63) is 59.7 Å². The van der Waals surface area contributed by atoms with E-state index in [1.807, 2.05) is 49.1 Å². The van der Waals surface area contributed by atoms with Crippen LogP contribution >= 0.6 is 0 Å². The highest BCUT2D eigenvalue weighted by molar-refractivity contribution is 5.83. The van der Waals surface area contributed by atoms with Gasteiger partial charge in [0.05, 0.1) is 11.6 Å². The van der Waals surface area contributed by atoms with Gasteiger partial charge in [0, 0.05) is 11.4 Å². The molecule has 0 fully saturated rings. The van der Waals surface area contributed by atoms with E-state index in [4.69, 9.17) is 5.26 Å². The topological polar surface area (TPSA) is 64.3 Å². The molecule has 118 valence electrons. The SMILES string of the molecule is CCc1ccccc1N(c1cccc(C#N)c1)C(CC)C(=O)O. The first-order valence-electron chi connectivity index (χ1n) is 7.72. The van der Waals surface area contributed by atoms with Crippen LogP contribution < -0.4 is 4.90 Å². The van der Waals surface area contributed by atoms with Crippen LogP contribution in [-0.2, 0) is 11.2 Å². The highest BCUT2D eigenvalue weighted by atomic mass is 16.4. The Kier molecular flexibility index (Phi) is 5.37. The number of aliphatic carboxylic acids is 1. The second-order valence-corrected chi connectivity index (χ2v) is 5.28. The van der Waals surface area contributed by atoms with E-state index in [9.17, 15) is 9.90 Å². The lowest BCUT2D eigenvalue weighted by Crippen LogP contribution is -2.38. The molecule has 1 atom stereocenters. The van der Waals surface area contributed by atoms with Crippen LogP contribution in [-0.4, -0.2) is 17.1 Å². The van der Waals surface area contributed by atoms with Gasteiger partial charge in [-0.05, 0) is 42.7 Å². The lowest BCUT2D eigenvalue weighted by molar-refractivity contribution is -0.138. The van der Waals surface area contributed by atoms with Crippen LogP contribution in [0.15, 0.2) is 48.5 Å². The Morgan fingerprint density at radius 3 is 2.57 bits per heavy atom. The summed E-state index contributed by atoms with van der Waals surface area (Å²) >= 11 is 0. The average Bonchev–Trinajstić information content (AvgIpc) is 2.59. The molecule has 0 amide bonds. The summed E-state index contributed by atoms with van der Waals surface area (Å²) in [4.78, 5) is 13.6. The number of carboxylic acid groups (broad SMARTS) is 1. The predicted molar refractivity (Wildman–Crippen MR) is 90.8 cm³/mol. The molecule has 0 saturated carbocycles. The maximum absolute atomic E-state index is 11.8. The number of para-hydroxylation sites is 1. The predicted octanol–water partition coefficient (Wildman–Crippen LogP) is 4.12. The molecule has 0 aliphatic carbocycles. The van der Waals surface area contributed by atoms with E-state index in [2.05, 4.69) is 6.07 Å². The van der Waals surface area contributed by atoms with Crippen LogP contribution in [0.3, 0.4) is 0 Å². The summed E-state index contributed by atoms with van der Waals surface area (Å²) in [5, 5.41) is 18.8. The molecule has 2 aromatic rings. The van der Waals surface area contributed by atoms with Crippen LogP contribution in [0, 0.1) is 11.3 Å². The molecule has 1 N–H and O–H groups in total. The van der Waals surface area contributed by atoms with Crippen molar-refractivity contribution >= 4 is 17.3 Å². The zero-order valence-corrected chi connectivity index (χ0v) is 13.4. The first kappa shape index (κ1) is 16.6. The van der Waals surface area contributed by atoms with E-state index in [1.165, 1.54) is 0 Å². The third kappa shape index (κ3) is 3.51. The summed E-state index contributed by atoms with van der Waals surface area (Å²) in [6, 6.07) is 16.3. The van der Waals surface area contributed by atoms with Crippen LogP contribution in [0.4, 0.5) is 11.4 Å². The van der Waals surface area contributed by atoms with Crippen molar-refractivity contribution in [2.75, 3.05) is 4.90 Å². The number of carbonyl (C=O) groups is 1. The number of nitriles is 1. The van der Waals surface area contributed by atoms with E-state index in [-0.39, 0.29) is 0 Å². The molecule has 2 aromatic carbocycles. The van der Waals surface area contributed by atoms with Gasteiger partial charge < -0.3 is 10.0 Å². The molecule has 1 unspecified atom stereocenters. The Morgan fingerprint density at radius 2 is 1.96 bits per heavy atom. The maximum Gasteiger partial charge on any atom is 0.326 e. The van der Waals surface area contributed by atoms with E-state index in [0.29, 0.717) is 12.0 Å². The van der Waals surface area contributed by atoms with Crippen molar-refractivity contribution in [3.63, 3.8) is 0 Å². The fourth-order valence-electron chi connectivity index (χ4n) is 2.72.